The number of nitrogens with one attached hydrogen (secondary N) is 1. The lowest BCUT2D eigenvalue weighted by molar-refractivity contribution is -0.0511. The molecule has 122 valence electrons. The van der Waals surface area contributed by atoms with Crippen LogP contribution in [0.4, 0.5) is 18.9 Å². The Bertz CT molecular complexity index is 705. The number of rotatable bonds is 5. The molecule has 2 aromatic carbocycles. The van der Waals surface area contributed by atoms with E-state index < -0.39 is 18.3 Å². The summed E-state index contributed by atoms with van der Waals surface area (Å²) >= 11 is 5.79. The highest BCUT2D eigenvalue weighted by molar-refractivity contribution is 6.34. The highest BCUT2D eigenvalue weighted by atomic mass is 35.5. The molecule has 0 atom stereocenters. The molecule has 0 fully saturated rings. The molecule has 8 heteroatoms. The Balaban J connectivity index is 2.28. The third-order valence-corrected chi connectivity index (χ3v) is 3.14. The van der Waals surface area contributed by atoms with Gasteiger partial charge in [-0.3, -0.25) is 4.79 Å². The second-order valence-electron chi connectivity index (χ2n) is 4.29. The number of methoxy groups -OCH3 is 1. The number of amides is 1. The van der Waals surface area contributed by atoms with Crippen molar-refractivity contribution < 1.29 is 27.4 Å². The molecule has 0 aliphatic rings. The summed E-state index contributed by atoms with van der Waals surface area (Å²) in [5.41, 5.74) is -0.230. The summed E-state index contributed by atoms with van der Waals surface area (Å²) in [7, 11) is 1.28. The smallest absolute Gasteiger partial charge is 0.387 e. The zero-order valence-corrected chi connectivity index (χ0v) is 12.5. The van der Waals surface area contributed by atoms with Gasteiger partial charge in [0.25, 0.3) is 5.91 Å². The van der Waals surface area contributed by atoms with Crippen molar-refractivity contribution in [3.63, 3.8) is 0 Å². The van der Waals surface area contributed by atoms with Crippen molar-refractivity contribution in [2.45, 2.75) is 6.61 Å². The Kier molecular flexibility index (Phi) is 5.33. The van der Waals surface area contributed by atoms with Crippen LogP contribution >= 0.6 is 11.6 Å². The zero-order valence-electron chi connectivity index (χ0n) is 11.8. The topological polar surface area (TPSA) is 47.6 Å². The molecule has 0 bridgehead atoms. The SMILES string of the molecule is COc1ccc(NC(=O)c2c(F)cccc2Cl)cc1OC(F)F. The average Bonchev–Trinajstić information content (AvgIpc) is 2.46. The first-order valence-corrected chi connectivity index (χ1v) is 6.68. The Morgan fingerprint density at radius 3 is 2.57 bits per heavy atom. The standard InChI is InChI=1S/C15H11ClF3NO3/c1-22-11-6-5-8(7-12(11)23-15(18)19)20-14(21)13-9(16)3-2-4-10(13)17/h2-7,15H,1H3,(H,20,21). The van der Waals surface area contributed by atoms with E-state index in [1.54, 1.807) is 0 Å². The molecule has 0 heterocycles. The molecular weight excluding hydrogens is 335 g/mol. The number of carbonyl (C=O) groups is 1. The quantitative estimate of drug-likeness (QED) is 0.876. The first-order chi connectivity index (χ1) is 10.9. The normalized spacial score (nSPS) is 10.5. The number of anilines is 1. The molecule has 0 unspecified atom stereocenters. The summed E-state index contributed by atoms with van der Waals surface area (Å²) in [6.07, 6.45) is 0. The molecule has 2 aromatic rings. The van der Waals surface area contributed by atoms with Crippen LogP contribution in [-0.2, 0) is 0 Å². The number of alkyl halides is 2. The van der Waals surface area contributed by atoms with E-state index >= 15 is 0 Å². The van der Waals surface area contributed by atoms with Crippen LogP contribution in [0.15, 0.2) is 36.4 Å². The minimum absolute atomic E-state index is 0.0622. The number of hydrogen-bond donors (Lipinski definition) is 1. The molecule has 0 saturated heterocycles. The number of carbonyl (C=O) groups excluding carboxylic acids is 1. The lowest BCUT2D eigenvalue weighted by atomic mass is 10.2. The van der Waals surface area contributed by atoms with E-state index in [1.807, 2.05) is 0 Å². The minimum atomic E-state index is -3.06. The van der Waals surface area contributed by atoms with E-state index in [4.69, 9.17) is 16.3 Å². The number of benzene rings is 2. The summed E-state index contributed by atoms with van der Waals surface area (Å²) in [4.78, 5) is 12.1. The predicted octanol–water partition coefficient (Wildman–Crippen LogP) is 4.34. The van der Waals surface area contributed by atoms with Gasteiger partial charge in [0.2, 0.25) is 0 Å². The first kappa shape index (κ1) is 17.0. The van der Waals surface area contributed by atoms with Crippen LogP contribution in [0, 0.1) is 5.82 Å². The Labute approximate surface area is 134 Å². The van der Waals surface area contributed by atoms with Crippen molar-refractivity contribution in [2.24, 2.45) is 0 Å². The fraction of sp³-hybridized carbons (Fsp3) is 0.133. The minimum Gasteiger partial charge on any atom is -0.493 e. The monoisotopic (exact) mass is 345 g/mol. The highest BCUT2D eigenvalue weighted by Crippen LogP contribution is 2.32. The van der Waals surface area contributed by atoms with Gasteiger partial charge in [-0.25, -0.2) is 4.39 Å². The molecule has 0 radical (unpaired) electrons. The van der Waals surface area contributed by atoms with Gasteiger partial charge in [0, 0.05) is 11.8 Å². The Morgan fingerprint density at radius 1 is 1.22 bits per heavy atom. The van der Waals surface area contributed by atoms with Gasteiger partial charge in [-0.15, -0.1) is 0 Å². The van der Waals surface area contributed by atoms with E-state index in [9.17, 15) is 18.0 Å². The lowest BCUT2D eigenvalue weighted by Crippen LogP contribution is -2.14. The first-order valence-electron chi connectivity index (χ1n) is 6.30. The van der Waals surface area contributed by atoms with Gasteiger partial charge in [0.1, 0.15) is 5.82 Å². The van der Waals surface area contributed by atoms with E-state index in [1.165, 1.54) is 31.4 Å². The molecule has 1 N–H and O–H groups in total. The second-order valence-corrected chi connectivity index (χ2v) is 4.70. The van der Waals surface area contributed by atoms with Gasteiger partial charge in [0.15, 0.2) is 11.5 Å². The lowest BCUT2D eigenvalue weighted by Gasteiger charge is -2.12. The van der Waals surface area contributed by atoms with E-state index in [0.717, 1.165) is 12.1 Å². The van der Waals surface area contributed by atoms with E-state index in [-0.39, 0.29) is 27.8 Å². The van der Waals surface area contributed by atoms with E-state index in [0.29, 0.717) is 0 Å². The summed E-state index contributed by atoms with van der Waals surface area (Å²) in [6.45, 7) is -3.06. The van der Waals surface area contributed by atoms with Crippen LogP contribution in [-0.4, -0.2) is 19.6 Å². The average molecular weight is 346 g/mol. The summed E-state index contributed by atoms with van der Waals surface area (Å²) in [5, 5.41) is 2.29. The fourth-order valence-electron chi connectivity index (χ4n) is 1.85. The molecule has 1 amide bonds. The summed E-state index contributed by atoms with van der Waals surface area (Å²) in [6, 6.07) is 7.66. The Morgan fingerprint density at radius 2 is 1.96 bits per heavy atom. The molecule has 2 rings (SSSR count). The third kappa shape index (κ3) is 4.07. The summed E-state index contributed by atoms with van der Waals surface area (Å²) in [5.74, 6) is -1.82. The molecule has 0 saturated carbocycles. The third-order valence-electron chi connectivity index (χ3n) is 2.83. The van der Waals surface area contributed by atoms with Crippen LogP contribution in [0.1, 0.15) is 10.4 Å². The van der Waals surface area contributed by atoms with Crippen LogP contribution in [0.2, 0.25) is 5.02 Å². The van der Waals surface area contributed by atoms with Gasteiger partial charge in [0.05, 0.1) is 17.7 Å². The predicted molar refractivity (Wildman–Crippen MR) is 79.0 cm³/mol. The summed E-state index contributed by atoms with van der Waals surface area (Å²) < 4.78 is 47.6. The molecular formula is C15H11ClF3NO3. The number of ether oxygens (including phenoxy) is 2. The fourth-order valence-corrected chi connectivity index (χ4v) is 2.10. The maximum Gasteiger partial charge on any atom is 0.387 e. The maximum atomic E-state index is 13.7. The number of halogens is 4. The van der Waals surface area contributed by atoms with Crippen molar-refractivity contribution in [1.82, 2.24) is 0 Å². The van der Waals surface area contributed by atoms with Crippen LogP contribution in [0.25, 0.3) is 0 Å². The van der Waals surface area contributed by atoms with Crippen LogP contribution in [0.3, 0.4) is 0 Å². The van der Waals surface area contributed by atoms with Crippen molar-refractivity contribution in [2.75, 3.05) is 12.4 Å². The molecule has 4 nitrogen and oxygen atoms in total. The molecule has 0 aromatic heterocycles. The van der Waals surface area contributed by atoms with Crippen molar-refractivity contribution in [3.05, 3.63) is 52.8 Å². The van der Waals surface area contributed by atoms with Gasteiger partial charge >= 0.3 is 6.61 Å². The molecule has 23 heavy (non-hydrogen) atoms. The van der Waals surface area contributed by atoms with Gasteiger partial charge in [-0.1, -0.05) is 17.7 Å². The van der Waals surface area contributed by atoms with Crippen LogP contribution in [0.5, 0.6) is 11.5 Å². The molecule has 0 aliphatic heterocycles. The van der Waals surface area contributed by atoms with Crippen molar-refractivity contribution >= 4 is 23.2 Å². The molecule has 0 aliphatic carbocycles. The van der Waals surface area contributed by atoms with Crippen molar-refractivity contribution in [1.29, 1.82) is 0 Å². The Hall–Kier alpha value is -2.41. The van der Waals surface area contributed by atoms with E-state index in [2.05, 4.69) is 10.1 Å². The zero-order chi connectivity index (χ0) is 17.0. The van der Waals surface area contributed by atoms with Crippen molar-refractivity contribution in [3.8, 4) is 11.5 Å². The highest BCUT2D eigenvalue weighted by Gasteiger charge is 2.17. The molecule has 0 spiro atoms. The van der Waals surface area contributed by atoms with Gasteiger partial charge < -0.3 is 14.8 Å². The second kappa shape index (κ2) is 7.23. The van der Waals surface area contributed by atoms with Gasteiger partial charge in [-0.05, 0) is 24.3 Å². The largest absolute Gasteiger partial charge is 0.493 e. The van der Waals surface area contributed by atoms with Gasteiger partial charge in [-0.2, -0.15) is 8.78 Å². The maximum absolute atomic E-state index is 13.7. The number of hydrogen-bond acceptors (Lipinski definition) is 3. The van der Waals surface area contributed by atoms with Crippen LogP contribution < -0.4 is 14.8 Å².